The van der Waals surface area contributed by atoms with E-state index in [2.05, 4.69) is 19.2 Å². The predicted octanol–water partition coefficient (Wildman–Crippen LogP) is 2.72. The van der Waals surface area contributed by atoms with Crippen molar-refractivity contribution in [2.75, 3.05) is 0 Å². The summed E-state index contributed by atoms with van der Waals surface area (Å²) < 4.78 is 5.14. The Morgan fingerprint density at radius 1 is 1.40 bits per heavy atom. The van der Waals surface area contributed by atoms with E-state index in [1.54, 1.807) is 6.08 Å². The van der Waals surface area contributed by atoms with Gasteiger partial charge in [-0.3, -0.25) is 0 Å². The van der Waals surface area contributed by atoms with Crippen molar-refractivity contribution in [2.24, 2.45) is 0 Å². The molecule has 0 aliphatic carbocycles. The zero-order chi connectivity index (χ0) is 7.14. The molecule has 1 aromatic rings. The van der Waals surface area contributed by atoms with Gasteiger partial charge in [-0.2, -0.15) is 0 Å². The maximum Gasteiger partial charge on any atom is 0.184 e. The van der Waals surface area contributed by atoms with Crippen molar-refractivity contribution in [3.63, 3.8) is 0 Å². The minimum atomic E-state index is 0.903. The van der Waals surface area contributed by atoms with Crippen LogP contribution in [0, 0.1) is 0 Å². The van der Waals surface area contributed by atoms with Crippen molar-refractivity contribution in [2.45, 2.75) is 4.90 Å². The molecule has 2 rings (SSSR count). The van der Waals surface area contributed by atoms with Gasteiger partial charge in [-0.1, -0.05) is 12.7 Å². The van der Waals surface area contributed by atoms with Crippen LogP contribution in [-0.4, -0.2) is 0 Å². The Kier molecular flexibility index (Phi) is 1.05. The molecule has 0 bridgehead atoms. The van der Waals surface area contributed by atoms with E-state index in [4.69, 9.17) is 4.74 Å². The van der Waals surface area contributed by atoms with Crippen LogP contribution in [0.3, 0.4) is 0 Å². The summed E-state index contributed by atoms with van der Waals surface area (Å²) in [5.74, 6) is 1.84. The fourth-order valence-corrected chi connectivity index (χ4v) is 1.14. The van der Waals surface area contributed by atoms with Crippen LogP contribution in [0.25, 0.3) is 6.08 Å². The Morgan fingerprint density at radius 3 is 2.90 bits per heavy atom. The third-order valence-electron chi connectivity index (χ3n) is 1.50. The highest BCUT2D eigenvalue weighted by Gasteiger charge is 2.25. The molecule has 0 atom stereocenters. The van der Waals surface area contributed by atoms with E-state index in [1.807, 2.05) is 12.1 Å². The Bertz CT molecular complexity index is 304. The molecule has 1 aromatic carbocycles. The molecule has 0 N–H and O–H groups in total. The number of benzene rings is 1. The average Bonchev–Trinajstić information content (AvgIpc) is 2.68. The van der Waals surface area contributed by atoms with Crippen LogP contribution in [0.2, 0.25) is 0 Å². The van der Waals surface area contributed by atoms with E-state index in [0.29, 0.717) is 0 Å². The molecule has 0 fully saturated rings. The highest BCUT2D eigenvalue weighted by molar-refractivity contribution is 7.80. The van der Waals surface area contributed by atoms with Crippen LogP contribution in [0.5, 0.6) is 11.5 Å². The number of ether oxygens (including phenoxy) is 1. The lowest BCUT2D eigenvalue weighted by Gasteiger charge is -1.84. The zero-order valence-corrected chi connectivity index (χ0v) is 6.19. The molecular formula is C8H6OS. The number of hydrogen-bond donors (Lipinski definition) is 1. The zero-order valence-electron chi connectivity index (χ0n) is 5.29. The second-order valence-electron chi connectivity index (χ2n) is 2.14. The Hall–Kier alpha value is -0.890. The number of rotatable bonds is 1. The van der Waals surface area contributed by atoms with E-state index in [1.165, 1.54) is 0 Å². The highest BCUT2D eigenvalue weighted by atomic mass is 32.1. The maximum absolute atomic E-state index is 5.14. The fourth-order valence-electron chi connectivity index (χ4n) is 0.916. The van der Waals surface area contributed by atoms with Gasteiger partial charge in [-0.15, -0.1) is 12.6 Å². The first kappa shape index (κ1) is 5.86. The normalized spacial score (nSPS) is 11.7. The molecule has 1 nitrogen and oxygen atoms in total. The summed E-state index contributed by atoms with van der Waals surface area (Å²) in [6.07, 6.45) is 1.78. The standard InChI is InChI=1S/C8H6OS/c1-2-5-3-4-6(10)8-7(5)9-8/h2-4,10H,1H2. The van der Waals surface area contributed by atoms with Gasteiger partial charge in [0.1, 0.15) is 0 Å². The second kappa shape index (κ2) is 1.80. The summed E-state index contributed by atoms with van der Waals surface area (Å²) in [4.78, 5) is 0.903. The number of thiol groups is 1. The van der Waals surface area contributed by atoms with Gasteiger partial charge in [-0.25, -0.2) is 0 Å². The van der Waals surface area contributed by atoms with Crippen LogP contribution in [0.4, 0.5) is 0 Å². The summed E-state index contributed by atoms with van der Waals surface area (Å²) in [6.45, 7) is 3.65. The molecule has 1 aliphatic rings. The Morgan fingerprint density at radius 2 is 2.20 bits per heavy atom. The molecule has 0 saturated heterocycles. The van der Waals surface area contributed by atoms with Gasteiger partial charge in [0.05, 0.1) is 4.90 Å². The minimum Gasteiger partial charge on any atom is -0.448 e. The summed E-state index contributed by atoms with van der Waals surface area (Å²) >= 11 is 4.18. The van der Waals surface area contributed by atoms with Crippen LogP contribution in [-0.2, 0) is 0 Å². The molecule has 50 valence electrons. The first-order valence-electron chi connectivity index (χ1n) is 2.99. The highest BCUT2D eigenvalue weighted by Crippen LogP contribution is 2.52. The smallest absolute Gasteiger partial charge is 0.184 e. The first-order valence-corrected chi connectivity index (χ1v) is 3.44. The largest absolute Gasteiger partial charge is 0.448 e. The van der Waals surface area contributed by atoms with Crippen molar-refractivity contribution in [1.29, 1.82) is 0 Å². The van der Waals surface area contributed by atoms with E-state index in [-0.39, 0.29) is 0 Å². The van der Waals surface area contributed by atoms with Crippen LogP contribution in [0.15, 0.2) is 23.6 Å². The third-order valence-corrected chi connectivity index (χ3v) is 1.86. The second-order valence-corrected chi connectivity index (χ2v) is 2.62. The lowest BCUT2D eigenvalue weighted by Crippen LogP contribution is -1.61. The molecular weight excluding hydrogens is 144 g/mol. The quantitative estimate of drug-likeness (QED) is 0.487. The number of fused-ring (bicyclic) bond motifs is 1. The average molecular weight is 150 g/mol. The van der Waals surface area contributed by atoms with Gasteiger partial charge in [-0.05, 0) is 12.1 Å². The van der Waals surface area contributed by atoms with Crippen molar-refractivity contribution in [3.8, 4) is 11.5 Å². The molecule has 0 saturated carbocycles. The van der Waals surface area contributed by atoms with Crippen molar-refractivity contribution in [1.82, 2.24) is 0 Å². The van der Waals surface area contributed by atoms with E-state index >= 15 is 0 Å². The van der Waals surface area contributed by atoms with Crippen molar-refractivity contribution >= 4 is 18.7 Å². The molecule has 0 spiro atoms. The van der Waals surface area contributed by atoms with E-state index in [9.17, 15) is 0 Å². The Labute approximate surface area is 64.7 Å². The summed E-state index contributed by atoms with van der Waals surface area (Å²) in [7, 11) is 0. The third kappa shape index (κ3) is 0.656. The van der Waals surface area contributed by atoms with Gasteiger partial charge in [0.15, 0.2) is 11.5 Å². The Balaban J connectivity index is 2.62. The summed E-state index contributed by atoms with van der Waals surface area (Å²) in [5, 5.41) is 0. The maximum atomic E-state index is 5.14. The predicted molar refractivity (Wildman–Crippen MR) is 43.9 cm³/mol. The molecule has 0 unspecified atom stereocenters. The first-order chi connectivity index (χ1) is 4.83. The topological polar surface area (TPSA) is 12.5 Å². The molecule has 1 heterocycles. The van der Waals surface area contributed by atoms with Crippen LogP contribution >= 0.6 is 12.6 Å². The van der Waals surface area contributed by atoms with Gasteiger partial charge in [0.2, 0.25) is 0 Å². The van der Waals surface area contributed by atoms with E-state index in [0.717, 1.165) is 22.0 Å². The lowest BCUT2D eigenvalue weighted by molar-refractivity contribution is 0.640. The SMILES string of the molecule is C=Cc1ccc(S)c2c1O2. The molecule has 0 radical (unpaired) electrons. The minimum absolute atomic E-state index is 0.903. The number of hydrogen-bond acceptors (Lipinski definition) is 2. The lowest BCUT2D eigenvalue weighted by atomic mass is 10.2. The van der Waals surface area contributed by atoms with Gasteiger partial charge < -0.3 is 4.74 Å². The van der Waals surface area contributed by atoms with Crippen LogP contribution in [0.1, 0.15) is 5.56 Å². The molecule has 0 aromatic heterocycles. The molecule has 2 heteroatoms. The summed E-state index contributed by atoms with van der Waals surface area (Å²) in [5.41, 5.74) is 1.05. The van der Waals surface area contributed by atoms with Gasteiger partial charge in [0, 0.05) is 5.56 Å². The summed E-state index contributed by atoms with van der Waals surface area (Å²) in [6, 6.07) is 3.85. The monoisotopic (exact) mass is 150 g/mol. The van der Waals surface area contributed by atoms with Gasteiger partial charge in [0.25, 0.3) is 0 Å². The van der Waals surface area contributed by atoms with Gasteiger partial charge >= 0.3 is 0 Å². The van der Waals surface area contributed by atoms with Crippen LogP contribution < -0.4 is 4.74 Å². The fraction of sp³-hybridized carbons (Fsp3) is 0. The van der Waals surface area contributed by atoms with Crippen molar-refractivity contribution < 1.29 is 4.74 Å². The van der Waals surface area contributed by atoms with E-state index < -0.39 is 0 Å². The molecule has 10 heavy (non-hydrogen) atoms. The molecule has 0 amide bonds. The van der Waals surface area contributed by atoms with Crippen molar-refractivity contribution in [3.05, 3.63) is 24.3 Å². The molecule has 1 aliphatic heterocycles.